The van der Waals surface area contributed by atoms with Gasteiger partial charge in [0.05, 0.1) is 35.6 Å². The van der Waals surface area contributed by atoms with Crippen molar-refractivity contribution in [2.75, 3.05) is 32.9 Å². The number of amides is 1. The maximum Gasteiger partial charge on any atom is 0.233 e. The summed E-state index contributed by atoms with van der Waals surface area (Å²) in [7, 11) is 0. The highest BCUT2D eigenvalue weighted by Crippen LogP contribution is 2.36. The molecule has 1 aliphatic carbocycles. The van der Waals surface area contributed by atoms with E-state index in [4.69, 9.17) is 32.7 Å². The monoisotopic (exact) mass is 409 g/mol. The van der Waals surface area contributed by atoms with Gasteiger partial charge in [-0.3, -0.25) is 4.79 Å². The summed E-state index contributed by atoms with van der Waals surface area (Å²) in [5, 5.41) is 5.40. The molecule has 1 aromatic carbocycles. The molecule has 2 aliphatic rings. The Labute approximate surface area is 167 Å². The number of morpholine rings is 1. The Morgan fingerprint density at radius 2 is 2.00 bits per heavy atom. The number of carbonyl (C=O) groups is 1. The number of aromatic nitrogens is 2. The Kier molecular flexibility index (Phi) is 5.57. The largest absolute Gasteiger partial charge is 0.476 e. The smallest absolute Gasteiger partial charge is 0.233 e. The van der Waals surface area contributed by atoms with Gasteiger partial charge in [0.1, 0.15) is 0 Å². The lowest BCUT2D eigenvalue weighted by Crippen LogP contribution is -2.49. The molecular formula is C19H21Cl2N3O3. The lowest BCUT2D eigenvalue weighted by atomic mass is 9.73. The lowest BCUT2D eigenvalue weighted by Gasteiger charge is -2.39. The van der Waals surface area contributed by atoms with Crippen molar-refractivity contribution in [3.8, 4) is 11.6 Å². The summed E-state index contributed by atoms with van der Waals surface area (Å²) in [6.45, 7) is 3.14. The molecule has 2 heterocycles. The van der Waals surface area contributed by atoms with Gasteiger partial charge in [0.15, 0.2) is 0 Å². The van der Waals surface area contributed by atoms with Gasteiger partial charge in [0.25, 0.3) is 0 Å². The lowest BCUT2D eigenvalue weighted by molar-refractivity contribution is -0.146. The van der Waals surface area contributed by atoms with E-state index >= 15 is 0 Å². The summed E-state index contributed by atoms with van der Waals surface area (Å²) < 4.78 is 12.9. The van der Waals surface area contributed by atoms with Crippen LogP contribution in [0.4, 0.5) is 0 Å². The average Bonchev–Trinajstić information content (AvgIpc) is 3.13. The predicted octanol–water partition coefficient (Wildman–Crippen LogP) is 3.44. The molecule has 1 aromatic heterocycles. The van der Waals surface area contributed by atoms with Crippen LogP contribution in [0.25, 0.3) is 5.69 Å². The van der Waals surface area contributed by atoms with E-state index in [-0.39, 0.29) is 17.7 Å². The Hall–Kier alpha value is -1.76. The van der Waals surface area contributed by atoms with E-state index in [2.05, 4.69) is 5.10 Å². The summed E-state index contributed by atoms with van der Waals surface area (Å²) in [6.07, 6.45) is 3.75. The molecule has 1 saturated heterocycles. The number of ether oxygens (including phenoxy) is 2. The topological polar surface area (TPSA) is 56.6 Å². The van der Waals surface area contributed by atoms with Crippen molar-refractivity contribution >= 4 is 29.1 Å². The summed E-state index contributed by atoms with van der Waals surface area (Å²) in [5.41, 5.74) is 0.809. The third kappa shape index (κ3) is 4.08. The minimum atomic E-state index is 0.0558. The third-order valence-corrected chi connectivity index (χ3v) is 5.97. The van der Waals surface area contributed by atoms with Crippen molar-refractivity contribution in [2.24, 2.45) is 11.8 Å². The summed E-state index contributed by atoms with van der Waals surface area (Å²) in [5.74, 6) is 1.07. The van der Waals surface area contributed by atoms with E-state index < -0.39 is 0 Å². The highest BCUT2D eigenvalue weighted by atomic mass is 35.5. The van der Waals surface area contributed by atoms with E-state index in [0.29, 0.717) is 48.8 Å². The first-order valence-corrected chi connectivity index (χ1v) is 9.88. The molecular weight excluding hydrogens is 389 g/mol. The van der Waals surface area contributed by atoms with Crippen LogP contribution in [0.1, 0.15) is 12.8 Å². The highest BCUT2D eigenvalue weighted by Gasteiger charge is 2.39. The molecule has 0 spiro atoms. The zero-order valence-corrected chi connectivity index (χ0v) is 16.3. The van der Waals surface area contributed by atoms with Gasteiger partial charge in [-0.1, -0.05) is 23.2 Å². The second-order valence-corrected chi connectivity index (χ2v) is 7.70. The zero-order chi connectivity index (χ0) is 18.8. The van der Waals surface area contributed by atoms with Gasteiger partial charge < -0.3 is 14.4 Å². The minimum absolute atomic E-state index is 0.0558. The standard InChI is InChI=1S/C19H21Cl2N3O3/c20-16-4-2-14(11-17(16)21)24-6-5-18(22-24)27-12-13-1-3-15(13)19(25)23-7-9-26-10-8-23/h2,4-6,11,13,15H,1,3,7-10,12H2/t13-,15-/m0/s1. The molecule has 0 bridgehead atoms. The van der Waals surface area contributed by atoms with Crippen molar-refractivity contribution in [1.29, 1.82) is 0 Å². The fourth-order valence-corrected chi connectivity index (χ4v) is 3.75. The second-order valence-electron chi connectivity index (χ2n) is 6.89. The minimum Gasteiger partial charge on any atom is -0.476 e. The molecule has 144 valence electrons. The normalized spacial score (nSPS) is 22.4. The van der Waals surface area contributed by atoms with Gasteiger partial charge >= 0.3 is 0 Å². The van der Waals surface area contributed by atoms with Crippen molar-refractivity contribution in [2.45, 2.75) is 12.8 Å². The second kappa shape index (κ2) is 8.09. The number of hydrogen-bond donors (Lipinski definition) is 0. The number of halogens is 2. The molecule has 1 aliphatic heterocycles. The molecule has 1 saturated carbocycles. The molecule has 27 heavy (non-hydrogen) atoms. The number of benzene rings is 1. The van der Waals surface area contributed by atoms with Crippen LogP contribution in [-0.4, -0.2) is 53.5 Å². The first-order chi connectivity index (χ1) is 13.1. The van der Waals surface area contributed by atoms with E-state index in [0.717, 1.165) is 18.5 Å². The molecule has 2 atom stereocenters. The molecule has 0 unspecified atom stereocenters. The molecule has 2 aromatic rings. The molecule has 4 rings (SSSR count). The highest BCUT2D eigenvalue weighted by molar-refractivity contribution is 6.42. The van der Waals surface area contributed by atoms with E-state index in [9.17, 15) is 4.79 Å². The van der Waals surface area contributed by atoms with Gasteiger partial charge in [-0.05, 0) is 31.0 Å². The van der Waals surface area contributed by atoms with Gasteiger partial charge in [-0.15, -0.1) is 5.10 Å². The third-order valence-electron chi connectivity index (χ3n) is 5.24. The number of rotatable bonds is 5. The average molecular weight is 410 g/mol. The fraction of sp³-hybridized carbons (Fsp3) is 0.474. The van der Waals surface area contributed by atoms with Gasteiger partial charge in [-0.25, -0.2) is 4.68 Å². The molecule has 0 N–H and O–H groups in total. The van der Waals surface area contributed by atoms with E-state index in [1.807, 2.05) is 17.2 Å². The Balaban J connectivity index is 1.33. The van der Waals surface area contributed by atoms with Crippen molar-refractivity contribution in [1.82, 2.24) is 14.7 Å². The van der Waals surface area contributed by atoms with Crippen LogP contribution in [0, 0.1) is 11.8 Å². The maximum absolute atomic E-state index is 12.6. The van der Waals surface area contributed by atoms with Crippen molar-refractivity contribution < 1.29 is 14.3 Å². The zero-order valence-electron chi connectivity index (χ0n) is 14.8. The molecule has 1 amide bonds. The van der Waals surface area contributed by atoms with Crippen LogP contribution in [0.3, 0.4) is 0 Å². The Morgan fingerprint density at radius 3 is 2.70 bits per heavy atom. The van der Waals surface area contributed by atoms with Crippen molar-refractivity contribution in [3.63, 3.8) is 0 Å². The van der Waals surface area contributed by atoms with Crippen molar-refractivity contribution in [3.05, 3.63) is 40.5 Å². The van der Waals surface area contributed by atoms with Gasteiger partial charge in [-0.2, -0.15) is 0 Å². The van der Waals surface area contributed by atoms with Crippen LogP contribution in [0.15, 0.2) is 30.5 Å². The maximum atomic E-state index is 12.6. The van der Waals surface area contributed by atoms with Crippen LogP contribution in [-0.2, 0) is 9.53 Å². The molecule has 0 radical (unpaired) electrons. The Bertz CT molecular complexity index is 820. The quantitative estimate of drug-likeness (QED) is 0.758. The Morgan fingerprint density at radius 1 is 1.19 bits per heavy atom. The predicted molar refractivity (Wildman–Crippen MR) is 103 cm³/mol. The SMILES string of the molecule is O=C([C@H]1CC[C@H]1COc1ccn(-c2ccc(Cl)c(Cl)c2)n1)N1CCOCC1. The van der Waals surface area contributed by atoms with Gasteiger partial charge in [0, 0.05) is 37.2 Å². The molecule has 8 heteroatoms. The van der Waals surface area contributed by atoms with Crippen LogP contribution >= 0.6 is 23.2 Å². The van der Waals surface area contributed by atoms with Crippen LogP contribution < -0.4 is 4.74 Å². The summed E-state index contributed by atoms with van der Waals surface area (Å²) in [4.78, 5) is 14.5. The summed E-state index contributed by atoms with van der Waals surface area (Å²) >= 11 is 12.0. The van der Waals surface area contributed by atoms with Crippen LogP contribution in [0.5, 0.6) is 5.88 Å². The first kappa shape index (κ1) is 18.6. The number of nitrogens with zero attached hydrogens (tertiary/aromatic N) is 3. The van der Waals surface area contributed by atoms with Crippen LogP contribution in [0.2, 0.25) is 10.0 Å². The molecule has 2 fully saturated rings. The van der Waals surface area contributed by atoms with E-state index in [1.54, 1.807) is 22.9 Å². The summed E-state index contributed by atoms with van der Waals surface area (Å²) in [6, 6.07) is 7.13. The van der Waals surface area contributed by atoms with E-state index in [1.165, 1.54) is 0 Å². The number of hydrogen-bond acceptors (Lipinski definition) is 4. The molecule has 6 nitrogen and oxygen atoms in total. The first-order valence-electron chi connectivity index (χ1n) is 9.12. The fourth-order valence-electron chi connectivity index (χ4n) is 3.46. The number of carbonyl (C=O) groups excluding carboxylic acids is 1. The van der Waals surface area contributed by atoms with Gasteiger partial charge in [0.2, 0.25) is 11.8 Å².